The number of hydrogen-bond acceptors (Lipinski definition) is 6. The summed E-state index contributed by atoms with van der Waals surface area (Å²) in [7, 11) is 1.62. The molecule has 1 aromatic heterocycles. The molecule has 1 atom stereocenters. The Hall–Kier alpha value is -3.58. The van der Waals surface area contributed by atoms with Crippen molar-refractivity contribution in [3.8, 4) is 17.2 Å². The number of rotatable bonds is 9. The number of carbonyl (C=O) groups is 1. The van der Waals surface area contributed by atoms with Gasteiger partial charge in [0.05, 0.1) is 12.4 Å². The third-order valence-corrected chi connectivity index (χ3v) is 6.03. The van der Waals surface area contributed by atoms with Crippen LogP contribution in [0.3, 0.4) is 0 Å². The van der Waals surface area contributed by atoms with Crippen LogP contribution in [-0.4, -0.2) is 33.4 Å². The fourth-order valence-electron chi connectivity index (χ4n) is 3.39. The maximum atomic E-state index is 13.4. The summed E-state index contributed by atoms with van der Waals surface area (Å²) < 4.78 is 11.0. The number of methoxy groups -OCH3 is 1. The summed E-state index contributed by atoms with van der Waals surface area (Å²) in [5, 5.41) is 8.24. The molecule has 7 heteroatoms. The standard InChI is InChI=1S/C26H25N3O3S/c1-19(33-26-28-27-24(32-26)22-13-15-23(31-2)16-14-22)25(30)29(17-20-9-5-3-6-10-20)18-21-11-7-4-8-12-21/h3-16,19H,17-18H2,1-2H3. The molecule has 1 amide bonds. The van der Waals surface area contributed by atoms with Crippen molar-refractivity contribution in [2.24, 2.45) is 0 Å². The number of carbonyl (C=O) groups excluding carboxylic acids is 1. The zero-order chi connectivity index (χ0) is 23.0. The van der Waals surface area contributed by atoms with Crippen molar-refractivity contribution in [2.75, 3.05) is 7.11 Å². The van der Waals surface area contributed by atoms with Crippen molar-refractivity contribution < 1.29 is 13.9 Å². The molecule has 0 saturated carbocycles. The molecule has 0 radical (unpaired) electrons. The minimum atomic E-state index is -0.387. The molecule has 33 heavy (non-hydrogen) atoms. The molecule has 1 heterocycles. The summed E-state index contributed by atoms with van der Waals surface area (Å²) in [6.45, 7) is 2.92. The molecule has 0 spiro atoms. The van der Waals surface area contributed by atoms with Crippen LogP contribution in [0.1, 0.15) is 18.1 Å². The average molecular weight is 460 g/mol. The van der Waals surface area contributed by atoms with Crippen LogP contribution in [-0.2, 0) is 17.9 Å². The molecule has 4 aromatic rings. The van der Waals surface area contributed by atoms with Gasteiger partial charge in [-0.2, -0.15) is 0 Å². The predicted octanol–water partition coefficient (Wildman–Crippen LogP) is 5.45. The molecule has 0 aliphatic carbocycles. The monoisotopic (exact) mass is 459 g/mol. The van der Waals surface area contributed by atoms with Gasteiger partial charge in [0.2, 0.25) is 11.8 Å². The van der Waals surface area contributed by atoms with E-state index in [1.807, 2.05) is 96.8 Å². The molecule has 0 aliphatic rings. The molecule has 4 rings (SSSR count). The summed E-state index contributed by atoms with van der Waals surface area (Å²) in [6, 6.07) is 27.4. The van der Waals surface area contributed by atoms with Crippen LogP contribution in [0.2, 0.25) is 0 Å². The Bertz CT molecular complexity index is 1120. The van der Waals surface area contributed by atoms with Gasteiger partial charge in [-0.1, -0.05) is 72.4 Å². The first-order valence-electron chi connectivity index (χ1n) is 10.6. The Kier molecular flexibility index (Phi) is 7.42. The van der Waals surface area contributed by atoms with Crippen LogP contribution in [0, 0.1) is 0 Å². The molecule has 6 nitrogen and oxygen atoms in total. The molecule has 3 aromatic carbocycles. The summed E-state index contributed by atoms with van der Waals surface area (Å²) in [4.78, 5) is 15.3. The predicted molar refractivity (Wildman–Crippen MR) is 129 cm³/mol. The lowest BCUT2D eigenvalue weighted by Gasteiger charge is -2.25. The third kappa shape index (κ3) is 6.02. The van der Waals surface area contributed by atoms with Crippen LogP contribution in [0.15, 0.2) is 94.6 Å². The van der Waals surface area contributed by atoms with E-state index in [1.165, 1.54) is 11.8 Å². The number of hydrogen-bond donors (Lipinski definition) is 0. The van der Waals surface area contributed by atoms with Gasteiger partial charge in [0.15, 0.2) is 0 Å². The molecule has 0 N–H and O–H groups in total. The molecule has 0 saturated heterocycles. The first kappa shape index (κ1) is 22.6. The Morgan fingerprint density at radius 1 is 0.909 bits per heavy atom. The number of thioether (sulfide) groups is 1. The van der Waals surface area contributed by atoms with E-state index in [0.29, 0.717) is 24.2 Å². The van der Waals surface area contributed by atoms with Crippen LogP contribution >= 0.6 is 11.8 Å². The lowest BCUT2D eigenvalue weighted by molar-refractivity contribution is -0.131. The number of nitrogens with zero attached hydrogens (tertiary/aromatic N) is 3. The van der Waals surface area contributed by atoms with Gasteiger partial charge in [-0.25, -0.2) is 0 Å². The first-order chi connectivity index (χ1) is 16.1. The number of ether oxygens (including phenoxy) is 1. The second-order valence-electron chi connectivity index (χ2n) is 7.53. The minimum absolute atomic E-state index is 0.0110. The smallest absolute Gasteiger partial charge is 0.277 e. The van der Waals surface area contributed by atoms with Crippen molar-refractivity contribution in [2.45, 2.75) is 30.5 Å². The van der Waals surface area contributed by atoms with Crippen molar-refractivity contribution >= 4 is 17.7 Å². The van der Waals surface area contributed by atoms with E-state index in [4.69, 9.17) is 9.15 Å². The van der Waals surface area contributed by atoms with Gasteiger partial charge in [0.1, 0.15) is 5.75 Å². The number of benzene rings is 3. The molecule has 168 valence electrons. The van der Waals surface area contributed by atoms with Crippen LogP contribution < -0.4 is 4.74 Å². The fourth-order valence-corrected chi connectivity index (χ4v) is 4.15. The summed E-state index contributed by atoms with van der Waals surface area (Å²) >= 11 is 1.27. The lowest BCUT2D eigenvalue weighted by atomic mass is 10.1. The van der Waals surface area contributed by atoms with E-state index < -0.39 is 0 Å². The van der Waals surface area contributed by atoms with E-state index in [9.17, 15) is 4.79 Å². The second-order valence-corrected chi connectivity index (χ2v) is 8.82. The molecule has 1 unspecified atom stereocenters. The topological polar surface area (TPSA) is 68.5 Å². The molecule has 0 bridgehead atoms. The van der Waals surface area contributed by atoms with E-state index in [0.717, 1.165) is 22.4 Å². The highest BCUT2D eigenvalue weighted by Crippen LogP contribution is 2.28. The highest BCUT2D eigenvalue weighted by Gasteiger charge is 2.24. The van der Waals surface area contributed by atoms with Gasteiger partial charge in [-0.15, -0.1) is 10.2 Å². The summed E-state index contributed by atoms with van der Waals surface area (Å²) in [5.41, 5.74) is 2.96. The summed E-state index contributed by atoms with van der Waals surface area (Å²) in [5.74, 6) is 1.17. The largest absolute Gasteiger partial charge is 0.497 e. The van der Waals surface area contributed by atoms with Gasteiger partial charge < -0.3 is 14.1 Å². The molecule has 0 aliphatic heterocycles. The maximum absolute atomic E-state index is 13.4. The quantitative estimate of drug-likeness (QED) is 0.310. The molecule has 0 fully saturated rings. The maximum Gasteiger partial charge on any atom is 0.277 e. The highest BCUT2D eigenvalue weighted by atomic mass is 32.2. The minimum Gasteiger partial charge on any atom is -0.497 e. The Balaban J connectivity index is 1.47. The van der Waals surface area contributed by atoms with Crippen LogP contribution in [0.5, 0.6) is 5.75 Å². The normalized spacial score (nSPS) is 11.7. The fraction of sp³-hybridized carbons (Fsp3) is 0.192. The molecular formula is C26H25N3O3S. The van der Waals surface area contributed by atoms with Crippen LogP contribution in [0.4, 0.5) is 0 Å². The van der Waals surface area contributed by atoms with E-state index >= 15 is 0 Å². The summed E-state index contributed by atoms with van der Waals surface area (Å²) in [6.07, 6.45) is 0. The zero-order valence-electron chi connectivity index (χ0n) is 18.5. The SMILES string of the molecule is COc1ccc(-c2nnc(SC(C)C(=O)N(Cc3ccccc3)Cc3ccccc3)o2)cc1. The first-order valence-corrected chi connectivity index (χ1v) is 11.5. The molecular weight excluding hydrogens is 434 g/mol. The third-order valence-electron chi connectivity index (χ3n) is 5.11. The second kappa shape index (κ2) is 10.8. The van der Waals surface area contributed by atoms with Gasteiger partial charge >= 0.3 is 0 Å². The Morgan fingerprint density at radius 2 is 1.48 bits per heavy atom. The van der Waals surface area contributed by atoms with Crippen molar-refractivity contribution in [3.63, 3.8) is 0 Å². The van der Waals surface area contributed by atoms with Gasteiger partial charge in [-0.3, -0.25) is 4.79 Å². The van der Waals surface area contributed by atoms with Gasteiger partial charge in [0, 0.05) is 18.7 Å². The van der Waals surface area contributed by atoms with E-state index in [2.05, 4.69) is 10.2 Å². The van der Waals surface area contributed by atoms with Gasteiger partial charge in [0.25, 0.3) is 5.22 Å². The van der Waals surface area contributed by atoms with Crippen LogP contribution in [0.25, 0.3) is 11.5 Å². The lowest BCUT2D eigenvalue weighted by Crippen LogP contribution is -2.35. The van der Waals surface area contributed by atoms with E-state index in [-0.39, 0.29) is 11.2 Å². The van der Waals surface area contributed by atoms with Crippen molar-refractivity contribution in [1.29, 1.82) is 0 Å². The van der Waals surface area contributed by atoms with Crippen molar-refractivity contribution in [1.82, 2.24) is 15.1 Å². The van der Waals surface area contributed by atoms with Gasteiger partial charge in [-0.05, 0) is 42.3 Å². The number of aromatic nitrogens is 2. The zero-order valence-corrected chi connectivity index (χ0v) is 19.4. The highest BCUT2D eigenvalue weighted by molar-refractivity contribution is 8.00. The Labute approximate surface area is 197 Å². The van der Waals surface area contributed by atoms with Crippen molar-refractivity contribution in [3.05, 3.63) is 96.1 Å². The number of amides is 1. The Morgan fingerprint density at radius 3 is 2.03 bits per heavy atom. The average Bonchev–Trinajstić information content (AvgIpc) is 3.33. The van der Waals surface area contributed by atoms with E-state index in [1.54, 1.807) is 7.11 Å².